The Morgan fingerprint density at radius 3 is 2.65 bits per heavy atom. The van der Waals surface area contributed by atoms with E-state index in [9.17, 15) is 4.39 Å². The first-order valence-electron chi connectivity index (χ1n) is 6.66. The van der Waals surface area contributed by atoms with E-state index in [0.717, 1.165) is 31.0 Å². The average molecular weight is 235 g/mol. The van der Waals surface area contributed by atoms with Crippen LogP contribution in [0.5, 0.6) is 0 Å². The van der Waals surface area contributed by atoms with Gasteiger partial charge in [0, 0.05) is 0 Å². The van der Waals surface area contributed by atoms with Crippen molar-refractivity contribution in [2.24, 2.45) is 5.92 Å². The summed E-state index contributed by atoms with van der Waals surface area (Å²) in [5, 5.41) is 3.38. The molecule has 1 saturated heterocycles. The van der Waals surface area contributed by atoms with Crippen molar-refractivity contribution in [3.63, 3.8) is 0 Å². The summed E-state index contributed by atoms with van der Waals surface area (Å²) in [5.41, 5.74) is 2.15. The molecular weight excluding hydrogens is 213 g/mol. The Labute approximate surface area is 103 Å². The van der Waals surface area contributed by atoms with Gasteiger partial charge in [-0.1, -0.05) is 26.0 Å². The predicted molar refractivity (Wildman–Crippen MR) is 69.8 cm³/mol. The Balaban J connectivity index is 2.07. The van der Waals surface area contributed by atoms with Crippen molar-refractivity contribution < 1.29 is 4.39 Å². The molecule has 0 unspecified atom stereocenters. The number of hydrogen-bond acceptors (Lipinski definition) is 1. The van der Waals surface area contributed by atoms with Crippen LogP contribution in [0.25, 0.3) is 0 Å². The Morgan fingerprint density at radius 2 is 2.00 bits per heavy atom. The maximum absolute atomic E-state index is 13.6. The largest absolute Gasteiger partial charge is 0.317 e. The van der Waals surface area contributed by atoms with Gasteiger partial charge in [0.25, 0.3) is 0 Å². The lowest BCUT2D eigenvalue weighted by Crippen LogP contribution is -2.28. The van der Waals surface area contributed by atoms with Gasteiger partial charge in [-0.3, -0.25) is 0 Å². The van der Waals surface area contributed by atoms with Crippen LogP contribution in [0.4, 0.5) is 4.39 Å². The van der Waals surface area contributed by atoms with Crippen molar-refractivity contribution in [3.8, 4) is 0 Å². The van der Waals surface area contributed by atoms with E-state index < -0.39 is 0 Å². The fraction of sp³-hybridized carbons (Fsp3) is 0.600. The third kappa shape index (κ3) is 3.29. The van der Waals surface area contributed by atoms with Crippen molar-refractivity contribution in [1.29, 1.82) is 0 Å². The van der Waals surface area contributed by atoms with Crippen molar-refractivity contribution >= 4 is 0 Å². The van der Waals surface area contributed by atoms with E-state index in [0.29, 0.717) is 0 Å². The molecule has 0 saturated carbocycles. The van der Waals surface area contributed by atoms with Crippen LogP contribution in [0.2, 0.25) is 0 Å². The van der Waals surface area contributed by atoms with E-state index in [1.54, 1.807) is 6.07 Å². The highest BCUT2D eigenvalue weighted by Crippen LogP contribution is 2.23. The third-order valence-electron chi connectivity index (χ3n) is 3.67. The number of hydrogen-bond donors (Lipinski definition) is 1. The Kier molecular flexibility index (Phi) is 4.16. The maximum Gasteiger partial charge on any atom is 0.126 e. The zero-order valence-electron chi connectivity index (χ0n) is 10.8. The molecule has 1 aliphatic rings. The van der Waals surface area contributed by atoms with Gasteiger partial charge in [-0.25, -0.2) is 4.39 Å². The average Bonchev–Trinajstić information content (AvgIpc) is 2.32. The van der Waals surface area contributed by atoms with Gasteiger partial charge < -0.3 is 5.32 Å². The van der Waals surface area contributed by atoms with E-state index in [1.807, 2.05) is 19.9 Å². The number of rotatable bonds is 3. The fourth-order valence-electron chi connectivity index (χ4n) is 2.58. The van der Waals surface area contributed by atoms with E-state index in [4.69, 9.17) is 0 Å². The number of halogens is 1. The second kappa shape index (κ2) is 5.63. The lowest BCUT2D eigenvalue weighted by Gasteiger charge is -2.23. The molecule has 1 aromatic rings. The van der Waals surface area contributed by atoms with Crippen molar-refractivity contribution in [2.45, 2.75) is 39.0 Å². The Bertz CT molecular complexity index is 367. The van der Waals surface area contributed by atoms with Gasteiger partial charge in [0.1, 0.15) is 5.82 Å². The summed E-state index contributed by atoms with van der Waals surface area (Å²) in [7, 11) is 0. The second-order valence-corrected chi connectivity index (χ2v) is 5.41. The van der Waals surface area contributed by atoms with Crippen LogP contribution in [0.15, 0.2) is 18.2 Å². The summed E-state index contributed by atoms with van der Waals surface area (Å²) in [6, 6.07) is 5.64. The monoisotopic (exact) mass is 235 g/mol. The molecule has 1 nitrogen and oxygen atoms in total. The minimum atomic E-state index is -0.0611. The minimum absolute atomic E-state index is 0.0611. The highest BCUT2D eigenvalue weighted by atomic mass is 19.1. The minimum Gasteiger partial charge on any atom is -0.317 e. The first-order chi connectivity index (χ1) is 8.16. The molecule has 0 bridgehead atoms. The van der Waals surface area contributed by atoms with Gasteiger partial charge in [0.05, 0.1) is 0 Å². The fourth-order valence-corrected chi connectivity index (χ4v) is 2.58. The predicted octanol–water partition coefficient (Wildman–Crippen LogP) is 3.49. The maximum atomic E-state index is 13.6. The summed E-state index contributed by atoms with van der Waals surface area (Å²) < 4.78 is 13.6. The molecule has 1 aromatic carbocycles. The molecule has 94 valence electrons. The van der Waals surface area contributed by atoms with E-state index in [2.05, 4.69) is 11.4 Å². The summed E-state index contributed by atoms with van der Waals surface area (Å²) in [5.74, 6) is 0.971. The normalized spacial score (nSPS) is 17.6. The van der Waals surface area contributed by atoms with Gasteiger partial charge in [0.15, 0.2) is 0 Å². The zero-order valence-corrected chi connectivity index (χ0v) is 10.8. The molecule has 0 spiro atoms. The highest BCUT2D eigenvalue weighted by molar-refractivity contribution is 5.27. The van der Waals surface area contributed by atoms with Crippen LogP contribution >= 0.6 is 0 Å². The molecule has 0 radical (unpaired) electrons. The van der Waals surface area contributed by atoms with Gasteiger partial charge >= 0.3 is 0 Å². The molecule has 2 heteroatoms. The molecule has 17 heavy (non-hydrogen) atoms. The van der Waals surface area contributed by atoms with E-state index >= 15 is 0 Å². The molecule has 1 fully saturated rings. The van der Waals surface area contributed by atoms with Crippen LogP contribution < -0.4 is 5.32 Å². The summed E-state index contributed by atoms with van der Waals surface area (Å²) in [6.45, 7) is 6.35. The van der Waals surface area contributed by atoms with E-state index in [-0.39, 0.29) is 11.7 Å². The standard InChI is InChI=1S/C15H22FN/c1-11(2)14-10-13(3-4-15(14)16)9-12-5-7-17-8-6-12/h3-4,10-12,17H,5-9H2,1-2H3. The van der Waals surface area contributed by atoms with Gasteiger partial charge in [-0.15, -0.1) is 0 Å². The van der Waals surface area contributed by atoms with Crippen LogP contribution in [0.1, 0.15) is 43.7 Å². The first kappa shape index (κ1) is 12.6. The molecule has 1 heterocycles. The van der Waals surface area contributed by atoms with Gasteiger partial charge in [-0.05, 0) is 61.4 Å². The summed E-state index contributed by atoms with van der Waals surface area (Å²) in [4.78, 5) is 0. The van der Waals surface area contributed by atoms with Gasteiger partial charge in [-0.2, -0.15) is 0 Å². The topological polar surface area (TPSA) is 12.0 Å². The SMILES string of the molecule is CC(C)c1cc(CC2CCNCC2)ccc1F. The highest BCUT2D eigenvalue weighted by Gasteiger charge is 2.15. The molecule has 0 atom stereocenters. The number of nitrogens with one attached hydrogen (secondary N) is 1. The smallest absolute Gasteiger partial charge is 0.126 e. The summed E-state index contributed by atoms with van der Waals surface area (Å²) >= 11 is 0. The lowest BCUT2D eigenvalue weighted by molar-refractivity contribution is 0.372. The second-order valence-electron chi connectivity index (χ2n) is 5.41. The molecule has 0 amide bonds. The molecule has 1 N–H and O–H groups in total. The number of piperidine rings is 1. The number of benzene rings is 1. The Hall–Kier alpha value is -0.890. The molecule has 1 aliphatic heterocycles. The van der Waals surface area contributed by atoms with Crippen LogP contribution in [-0.4, -0.2) is 13.1 Å². The molecular formula is C15H22FN. The van der Waals surface area contributed by atoms with Crippen molar-refractivity contribution in [1.82, 2.24) is 5.32 Å². The summed E-state index contributed by atoms with van der Waals surface area (Å²) in [6.07, 6.45) is 3.59. The van der Waals surface area contributed by atoms with Crippen LogP contribution in [0, 0.1) is 11.7 Å². The van der Waals surface area contributed by atoms with E-state index in [1.165, 1.54) is 18.4 Å². The van der Waals surface area contributed by atoms with Crippen molar-refractivity contribution in [2.75, 3.05) is 13.1 Å². The molecule has 0 aliphatic carbocycles. The zero-order chi connectivity index (χ0) is 12.3. The van der Waals surface area contributed by atoms with Gasteiger partial charge in [0.2, 0.25) is 0 Å². The third-order valence-corrected chi connectivity index (χ3v) is 3.67. The van der Waals surface area contributed by atoms with Crippen LogP contribution in [0.3, 0.4) is 0 Å². The van der Waals surface area contributed by atoms with Crippen molar-refractivity contribution in [3.05, 3.63) is 35.1 Å². The molecule has 0 aromatic heterocycles. The Morgan fingerprint density at radius 1 is 1.29 bits per heavy atom. The molecule has 2 rings (SSSR count). The lowest BCUT2D eigenvalue weighted by atomic mass is 9.89. The first-order valence-corrected chi connectivity index (χ1v) is 6.66. The van der Waals surface area contributed by atoms with Crippen LogP contribution in [-0.2, 0) is 6.42 Å². The quantitative estimate of drug-likeness (QED) is 0.845.